The molecule has 3 nitrogen and oxygen atoms in total. The Balaban J connectivity index is 1.79. The van der Waals surface area contributed by atoms with E-state index in [0.717, 1.165) is 11.1 Å². The van der Waals surface area contributed by atoms with E-state index < -0.39 is 12.2 Å². The average Bonchev–Trinajstić information content (AvgIpc) is 2.51. The summed E-state index contributed by atoms with van der Waals surface area (Å²) in [4.78, 5) is 11.2. The van der Waals surface area contributed by atoms with Crippen LogP contribution in [0.1, 0.15) is 34.5 Å². The maximum absolute atomic E-state index is 11.2. The smallest absolute Gasteiger partial charge is 0.159 e. The van der Waals surface area contributed by atoms with Crippen LogP contribution in [0.5, 0.6) is 5.75 Å². The number of benzene rings is 2. The Bertz CT molecular complexity index is 686. The van der Waals surface area contributed by atoms with Crippen molar-refractivity contribution in [1.29, 1.82) is 0 Å². The van der Waals surface area contributed by atoms with E-state index in [2.05, 4.69) is 0 Å². The van der Waals surface area contributed by atoms with Crippen molar-refractivity contribution in [1.82, 2.24) is 0 Å². The molecule has 3 rings (SSSR count). The molecule has 0 aromatic heterocycles. The molecule has 2 aromatic rings. The summed E-state index contributed by atoms with van der Waals surface area (Å²) < 4.78 is 5.81. The molecule has 0 saturated carbocycles. The van der Waals surface area contributed by atoms with E-state index in [9.17, 15) is 9.90 Å². The van der Waals surface area contributed by atoms with Crippen molar-refractivity contribution in [2.45, 2.75) is 19.1 Å². The summed E-state index contributed by atoms with van der Waals surface area (Å²) in [5, 5.41) is 10.4. The number of ether oxygens (including phenoxy) is 1. The van der Waals surface area contributed by atoms with Crippen LogP contribution in [0.2, 0.25) is 0 Å². The maximum Gasteiger partial charge on any atom is 0.159 e. The number of hydrogen-bond acceptors (Lipinski definition) is 3. The standard InChI is InChI=1S/C18H16O3/c1-12(19)13-6-9-15(10-7-13)21-17-11-8-14-4-2-3-5-16(14)18(17)20/h2-11,17-18,20H,1H3/t17-,18-/m1/s1. The summed E-state index contributed by atoms with van der Waals surface area (Å²) in [7, 11) is 0. The van der Waals surface area contributed by atoms with Gasteiger partial charge in [0.05, 0.1) is 0 Å². The molecule has 0 radical (unpaired) electrons. The molecular weight excluding hydrogens is 264 g/mol. The second-order valence-electron chi connectivity index (χ2n) is 5.10. The molecule has 2 atom stereocenters. The molecule has 0 aliphatic heterocycles. The van der Waals surface area contributed by atoms with Gasteiger partial charge >= 0.3 is 0 Å². The molecule has 0 spiro atoms. The van der Waals surface area contributed by atoms with Crippen LogP contribution in [0.3, 0.4) is 0 Å². The molecule has 0 bridgehead atoms. The maximum atomic E-state index is 11.2. The van der Waals surface area contributed by atoms with Gasteiger partial charge in [-0.25, -0.2) is 0 Å². The van der Waals surface area contributed by atoms with E-state index >= 15 is 0 Å². The summed E-state index contributed by atoms with van der Waals surface area (Å²) in [6, 6.07) is 14.7. The summed E-state index contributed by atoms with van der Waals surface area (Å²) in [6.07, 6.45) is 2.68. The zero-order valence-electron chi connectivity index (χ0n) is 11.7. The molecule has 106 valence electrons. The number of hydrogen-bond donors (Lipinski definition) is 1. The van der Waals surface area contributed by atoms with Crippen molar-refractivity contribution in [3.63, 3.8) is 0 Å². The Morgan fingerprint density at radius 2 is 1.81 bits per heavy atom. The minimum Gasteiger partial charge on any atom is -0.483 e. The molecule has 0 heterocycles. The van der Waals surface area contributed by atoms with Gasteiger partial charge in [0.2, 0.25) is 0 Å². The van der Waals surface area contributed by atoms with E-state index in [1.807, 2.05) is 36.4 Å². The highest BCUT2D eigenvalue weighted by Gasteiger charge is 2.25. The van der Waals surface area contributed by atoms with Gasteiger partial charge < -0.3 is 9.84 Å². The highest BCUT2D eigenvalue weighted by Crippen LogP contribution is 2.30. The summed E-state index contributed by atoms with van der Waals surface area (Å²) in [5.41, 5.74) is 2.52. The lowest BCUT2D eigenvalue weighted by Crippen LogP contribution is -2.25. The SMILES string of the molecule is CC(=O)c1ccc(O[C@@H]2C=Cc3ccccc3[C@H]2O)cc1. The number of aliphatic hydroxyl groups excluding tert-OH is 1. The number of Topliss-reactive ketones (excluding diaryl/α,β-unsaturated/α-hetero) is 1. The molecule has 1 N–H and O–H groups in total. The molecule has 0 amide bonds. The zero-order chi connectivity index (χ0) is 14.8. The van der Waals surface area contributed by atoms with Crippen molar-refractivity contribution < 1.29 is 14.6 Å². The number of fused-ring (bicyclic) bond motifs is 1. The molecule has 0 saturated heterocycles. The van der Waals surface area contributed by atoms with E-state index in [0.29, 0.717) is 11.3 Å². The molecule has 1 aliphatic carbocycles. The first-order chi connectivity index (χ1) is 10.1. The molecule has 3 heteroatoms. The van der Waals surface area contributed by atoms with Crippen LogP contribution >= 0.6 is 0 Å². The topological polar surface area (TPSA) is 46.5 Å². The third kappa shape index (κ3) is 2.73. The highest BCUT2D eigenvalue weighted by molar-refractivity contribution is 5.94. The number of rotatable bonds is 3. The van der Waals surface area contributed by atoms with E-state index in [1.165, 1.54) is 6.92 Å². The van der Waals surface area contributed by atoms with Crippen LogP contribution in [0.15, 0.2) is 54.6 Å². The van der Waals surface area contributed by atoms with Crippen molar-refractivity contribution in [3.05, 3.63) is 71.3 Å². The molecule has 21 heavy (non-hydrogen) atoms. The molecular formula is C18H16O3. The van der Waals surface area contributed by atoms with Gasteiger partial charge in [0.1, 0.15) is 18.0 Å². The van der Waals surface area contributed by atoms with Crippen LogP contribution in [0.25, 0.3) is 6.08 Å². The fourth-order valence-electron chi connectivity index (χ4n) is 2.44. The van der Waals surface area contributed by atoms with Gasteiger partial charge in [0.25, 0.3) is 0 Å². The first kappa shape index (κ1) is 13.6. The second-order valence-corrected chi connectivity index (χ2v) is 5.10. The Kier molecular flexibility index (Phi) is 3.59. The number of ketones is 1. The summed E-state index contributed by atoms with van der Waals surface area (Å²) in [5.74, 6) is 0.654. The van der Waals surface area contributed by atoms with E-state index in [1.54, 1.807) is 24.3 Å². The summed E-state index contributed by atoms with van der Waals surface area (Å²) >= 11 is 0. The minimum absolute atomic E-state index is 0.0214. The molecule has 0 fully saturated rings. The monoisotopic (exact) mass is 280 g/mol. The van der Waals surface area contributed by atoms with Gasteiger partial charge in [-0.15, -0.1) is 0 Å². The quantitative estimate of drug-likeness (QED) is 0.877. The third-order valence-electron chi connectivity index (χ3n) is 3.62. The predicted octanol–water partition coefficient (Wildman–Crippen LogP) is 3.40. The van der Waals surface area contributed by atoms with Crippen LogP contribution in [0, 0.1) is 0 Å². The fraction of sp³-hybridized carbons (Fsp3) is 0.167. The number of carbonyl (C=O) groups excluding carboxylic acids is 1. The average molecular weight is 280 g/mol. The normalized spacial score (nSPS) is 19.9. The zero-order valence-corrected chi connectivity index (χ0v) is 11.7. The minimum atomic E-state index is -0.696. The van der Waals surface area contributed by atoms with E-state index in [-0.39, 0.29) is 5.78 Å². The Morgan fingerprint density at radius 3 is 2.52 bits per heavy atom. The van der Waals surface area contributed by atoms with Crippen LogP contribution < -0.4 is 4.74 Å². The second kappa shape index (κ2) is 5.54. The van der Waals surface area contributed by atoms with Crippen molar-refractivity contribution in [2.24, 2.45) is 0 Å². The van der Waals surface area contributed by atoms with Gasteiger partial charge in [-0.3, -0.25) is 4.79 Å². The van der Waals surface area contributed by atoms with E-state index in [4.69, 9.17) is 4.74 Å². The Labute approximate surface area is 123 Å². The summed E-state index contributed by atoms with van der Waals surface area (Å²) in [6.45, 7) is 1.53. The lowest BCUT2D eigenvalue weighted by atomic mass is 9.93. The van der Waals surface area contributed by atoms with Crippen LogP contribution in [-0.4, -0.2) is 17.0 Å². The van der Waals surface area contributed by atoms with Gasteiger partial charge in [-0.2, -0.15) is 0 Å². The van der Waals surface area contributed by atoms with Crippen LogP contribution in [-0.2, 0) is 0 Å². The van der Waals surface area contributed by atoms with Crippen molar-refractivity contribution in [2.75, 3.05) is 0 Å². The third-order valence-corrected chi connectivity index (χ3v) is 3.62. The number of aliphatic hydroxyl groups is 1. The fourth-order valence-corrected chi connectivity index (χ4v) is 2.44. The Hall–Kier alpha value is -2.39. The Morgan fingerprint density at radius 1 is 1.10 bits per heavy atom. The van der Waals surface area contributed by atoms with Gasteiger partial charge in [0.15, 0.2) is 5.78 Å². The first-order valence-corrected chi connectivity index (χ1v) is 6.88. The van der Waals surface area contributed by atoms with Gasteiger partial charge in [0, 0.05) is 5.56 Å². The lowest BCUT2D eigenvalue weighted by Gasteiger charge is -2.26. The molecule has 2 aromatic carbocycles. The van der Waals surface area contributed by atoms with Crippen LogP contribution in [0.4, 0.5) is 0 Å². The predicted molar refractivity (Wildman–Crippen MR) is 81.3 cm³/mol. The largest absolute Gasteiger partial charge is 0.483 e. The van der Waals surface area contributed by atoms with Gasteiger partial charge in [-0.1, -0.05) is 30.3 Å². The molecule has 0 unspecified atom stereocenters. The lowest BCUT2D eigenvalue weighted by molar-refractivity contribution is 0.0623. The van der Waals surface area contributed by atoms with Crippen molar-refractivity contribution in [3.8, 4) is 5.75 Å². The van der Waals surface area contributed by atoms with Gasteiger partial charge in [-0.05, 0) is 48.4 Å². The van der Waals surface area contributed by atoms with Crippen molar-refractivity contribution >= 4 is 11.9 Å². The highest BCUT2D eigenvalue weighted by atomic mass is 16.5. The first-order valence-electron chi connectivity index (χ1n) is 6.88. The molecule has 1 aliphatic rings. The number of carbonyl (C=O) groups is 1.